The van der Waals surface area contributed by atoms with E-state index in [2.05, 4.69) is 0 Å². The summed E-state index contributed by atoms with van der Waals surface area (Å²) in [5.41, 5.74) is 3.11. The molecule has 8 heteroatoms. The molecule has 5 nitrogen and oxygen atoms in total. The van der Waals surface area contributed by atoms with E-state index in [-0.39, 0.29) is 11.6 Å². The lowest BCUT2D eigenvalue weighted by molar-refractivity contribution is -0.137. The van der Waals surface area contributed by atoms with Crippen molar-refractivity contribution in [3.63, 3.8) is 0 Å². The number of anilines is 1. The van der Waals surface area contributed by atoms with E-state index in [0.29, 0.717) is 43.0 Å². The quantitative estimate of drug-likeness (QED) is 0.331. The van der Waals surface area contributed by atoms with Gasteiger partial charge in [0.2, 0.25) is 0 Å². The summed E-state index contributed by atoms with van der Waals surface area (Å²) in [7, 11) is 1.60. The van der Waals surface area contributed by atoms with Crippen LogP contribution in [0.1, 0.15) is 21.5 Å². The summed E-state index contributed by atoms with van der Waals surface area (Å²) in [6.07, 6.45) is -4.44. The number of hydrogen-bond donors (Lipinski definition) is 0. The fourth-order valence-corrected chi connectivity index (χ4v) is 4.91. The van der Waals surface area contributed by atoms with Crippen LogP contribution in [0.2, 0.25) is 0 Å². The molecule has 1 saturated heterocycles. The molecular weight excluding hydrogens is 479 g/mol. The Bertz CT molecular complexity index is 1440. The molecule has 2 heterocycles. The number of pyridine rings is 1. The maximum Gasteiger partial charge on any atom is 0.418 e. The van der Waals surface area contributed by atoms with Crippen molar-refractivity contribution in [2.24, 2.45) is 0 Å². The predicted molar refractivity (Wildman–Crippen MR) is 138 cm³/mol. The van der Waals surface area contributed by atoms with Crippen LogP contribution in [0.3, 0.4) is 0 Å². The number of nitrogens with zero attached hydrogens (tertiary/aromatic N) is 3. The molecular formula is C29H26F3N3O2. The number of benzene rings is 3. The second-order valence-corrected chi connectivity index (χ2v) is 9.00. The van der Waals surface area contributed by atoms with Gasteiger partial charge in [-0.2, -0.15) is 13.2 Å². The summed E-state index contributed by atoms with van der Waals surface area (Å²) in [6.45, 7) is 3.15. The third-order valence-electron chi connectivity index (χ3n) is 6.83. The predicted octanol–water partition coefficient (Wildman–Crippen LogP) is 6.20. The summed E-state index contributed by atoms with van der Waals surface area (Å²) in [4.78, 5) is 22.1. The van der Waals surface area contributed by atoms with Crippen molar-refractivity contribution in [1.29, 1.82) is 0 Å². The number of aromatic nitrogens is 1. The Morgan fingerprint density at radius 2 is 1.54 bits per heavy atom. The number of methoxy groups -OCH3 is 1. The Labute approximate surface area is 213 Å². The molecule has 4 aromatic rings. The highest BCUT2D eigenvalue weighted by Gasteiger charge is 2.35. The minimum absolute atomic E-state index is 0.144. The minimum Gasteiger partial charge on any atom is -0.497 e. The Hall–Kier alpha value is -4.07. The fourth-order valence-electron chi connectivity index (χ4n) is 4.91. The van der Waals surface area contributed by atoms with Crippen molar-refractivity contribution in [2.45, 2.75) is 13.1 Å². The van der Waals surface area contributed by atoms with Crippen molar-refractivity contribution >= 4 is 22.5 Å². The average molecular weight is 506 g/mol. The number of rotatable bonds is 4. The van der Waals surface area contributed by atoms with E-state index < -0.39 is 11.7 Å². The number of fused-ring (bicyclic) bond motifs is 1. The van der Waals surface area contributed by atoms with Gasteiger partial charge in [0, 0.05) is 42.8 Å². The van der Waals surface area contributed by atoms with Gasteiger partial charge in [-0.05, 0) is 55.0 Å². The first-order valence-corrected chi connectivity index (χ1v) is 12.0. The number of halogens is 3. The van der Waals surface area contributed by atoms with Gasteiger partial charge in [-0.3, -0.25) is 4.79 Å². The third-order valence-corrected chi connectivity index (χ3v) is 6.83. The number of piperazine rings is 1. The summed E-state index contributed by atoms with van der Waals surface area (Å²) in [6, 6.07) is 20.6. The van der Waals surface area contributed by atoms with Crippen molar-refractivity contribution < 1.29 is 22.7 Å². The van der Waals surface area contributed by atoms with Gasteiger partial charge in [-0.15, -0.1) is 0 Å². The molecule has 0 bridgehead atoms. The molecule has 37 heavy (non-hydrogen) atoms. The Kier molecular flexibility index (Phi) is 6.50. The van der Waals surface area contributed by atoms with Crippen LogP contribution < -0.4 is 9.64 Å². The van der Waals surface area contributed by atoms with E-state index in [4.69, 9.17) is 9.72 Å². The topological polar surface area (TPSA) is 45.7 Å². The van der Waals surface area contributed by atoms with Crippen molar-refractivity contribution in [2.75, 3.05) is 38.2 Å². The van der Waals surface area contributed by atoms with Gasteiger partial charge in [0.15, 0.2) is 0 Å². The van der Waals surface area contributed by atoms with Gasteiger partial charge < -0.3 is 14.5 Å². The fraction of sp³-hybridized carbons (Fsp3) is 0.241. The second-order valence-electron chi connectivity index (χ2n) is 9.00. The smallest absolute Gasteiger partial charge is 0.418 e. The largest absolute Gasteiger partial charge is 0.497 e. The van der Waals surface area contributed by atoms with E-state index >= 15 is 0 Å². The molecule has 1 amide bonds. The molecule has 1 aliphatic rings. The standard InChI is InChI=1S/C29H26F3N3O2/c1-19-26(22-7-3-5-9-24(22)33-27(19)20-11-13-21(37-2)14-12-20)28(36)35-17-15-34(16-18-35)25-10-6-4-8-23(25)29(30,31)32/h3-14H,15-18H2,1-2H3. The van der Waals surface area contributed by atoms with Gasteiger partial charge in [-0.1, -0.05) is 30.3 Å². The van der Waals surface area contributed by atoms with Gasteiger partial charge in [-0.25, -0.2) is 4.98 Å². The zero-order valence-electron chi connectivity index (χ0n) is 20.5. The highest BCUT2D eigenvalue weighted by molar-refractivity contribution is 6.09. The van der Waals surface area contributed by atoms with Gasteiger partial charge in [0.25, 0.3) is 5.91 Å². The molecule has 0 unspecified atom stereocenters. The highest BCUT2D eigenvalue weighted by Crippen LogP contribution is 2.37. The van der Waals surface area contributed by atoms with Crippen LogP contribution in [-0.4, -0.2) is 49.1 Å². The molecule has 1 fully saturated rings. The summed E-state index contributed by atoms with van der Waals surface area (Å²) in [5.74, 6) is 0.582. The molecule has 0 saturated carbocycles. The molecule has 0 N–H and O–H groups in total. The zero-order valence-corrected chi connectivity index (χ0v) is 20.5. The van der Waals surface area contributed by atoms with Crippen LogP contribution in [-0.2, 0) is 6.18 Å². The molecule has 0 atom stereocenters. The van der Waals surface area contributed by atoms with Crippen LogP contribution in [0.15, 0.2) is 72.8 Å². The number of carbonyl (C=O) groups excluding carboxylic acids is 1. The first-order chi connectivity index (χ1) is 17.8. The lowest BCUT2D eigenvalue weighted by Gasteiger charge is -2.37. The van der Waals surface area contributed by atoms with E-state index in [1.807, 2.05) is 55.5 Å². The Morgan fingerprint density at radius 1 is 0.892 bits per heavy atom. The molecule has 0 radical (unpaired) electrons. The molecule has 0 aliphatic carbocycles. The minimum atomic E-state index is -4.44. The maximum atomic E-state index is 13.9. The first-order valence-electron chi connectivity index (χ1n) is 12.0. The van der Waals surface area contributed by atoms with Crippen LogP contribution in [0, 0.1) is 6.92 Å². The Morgan fingerprint density at radius 3 is 2.22 bits per heavy atom. The van der Waals surface area contributed by atoms with E-state index in [0.717, 1.165) is 28.3 Å². The lowest BCUT2D eigenvalue weighted by atomic mass is 9.96. The van der Waals surface area contributed by atoms with Crippen LogP contribution in [0.25, 0.3) is 22.2 Å². The number of alkyl halides is 3. The Balaban J connectivity index is 1.46. The SMILES string of the molecule is COc1ccc(-c2nc3ccccc3c(C(=O)N3CCN(c4ccccc4C(F)(F)F)CC3)c2C)cc1. The van der Waals surface area contributed by atoms with Crippen LogP contribution in [0.4, 0.5) is 18.9 Å². The zero-order chi connectivity index (χ0) is 26.2. The summed E-state index contributed by atoms with van der Waals surface area (Å²) < 4.78 is 45.9. The number of carbonyl (C=O) groups is 1. The van der Waals surface area contributed by atoms with Crippen LogP contribution in [0.5, 0.6) is 5.75 Å². The molecule has 0 spiro atoms. The van der Waals surface area contributed by atoms with Gasteiger partial charge in [0.1, 0.15) is 5.75 Å². The van der Waals surface area contributed by atoms with E-state index in [1.54, 1.807) is 23.0 Å². The summed E-state index contributed by atoms with van der Waals surface area (Å²) >= 11 is 0. The first kappa shape index (κ1) is 24.6. The van der Waals surface area contributed by atoms with Crippen molar-refractivity contribution in [3.05, 3.63) is 89.5 Å². The normalized spacial score (nSPS) is 14.2. The number of amides is 1. The van der Waals surface area contributed by atoms with Gasteiger partial charge >= 0.3 is 6.18 Å². The number of para-hydroxylation sites is 2. The highest BCUT2D eigenvalue weighted by atomic mass is 19.4. The second kappa shape index (κ2) is 9.76. The monoisotopic (exact) mass is 505 g/mol. The number of ether oxygens (including phenoxy) is 1. The third kappa shape index (κ3) is 4.71. The van der Waals surface area contributed by atoms with E-state index in [9.17, 15) is 18.0 Å². The molecule has 3 aromatic carbocycles. The average Bonchev–Trinajstić information content (AvgIpc) is 2.92. The van der Waals surface area contributed by atoms with E-state index in [1.165, 1.54) is 12.1 Å². The lowest BCUT2D eigenvalue weighted by Crippen LogP contribution is -2.49. The van der Waals surface area contributed by atoms with Crippen LogP contribution >= 0.6 is 0 Å². The molecule has 190 valence electrons. The van der Waals surface area contributed by atoms with Gasteiger partial charge in [0.05, 0.1) is 29.4 Å². The number of hydrogen-bond acceptors (Lipinski definition) is 4. The molecule has 5 rings (SSSR count). The molecule has 1 aromatic heterocycles. The summed E-state index contributed by atoms with van der Waals surface area (Å²) in [5, 5.41) is 0.757. The maximum absolute atomic E-state index is 13.9. The molecule has 1 aliphatic heterocycles. The van der Waals surface area contributed by atoms with Crippen molar-refractivity contribution in [1.82, 2.24) is 9.88 Å². The van der Waals surface area contributed by atoms with Crippen molar-refractivity contribution in [3.8, 4) is 17.0 Å².